The van der Waals surface area contributed by atoms with E-state index in [4.69, 9.17) is 4.74 Å². The van der Waals surface area contributed by atoms with Gasteiger partial charge in [-0.1, -0.05) is 36.7 Å². The van der Waals surface area contributed by atoms with Crippen molar-refractivity contribution < 1.29 is 4.74 Å². The lowest BCUT2D eigenvalue weighted by Crippen LogP contribution is -2.23. The van der Waals surface area contributed by atoms with Gasteiger partial charge in [-0.2, -0.15) is 0 Å². The van der Waals surface area contributed by atoms with E-state index in [1.807, 2.05) is 0 Å². The summed E-state index contributed by atoms with van der Waals surface area (Å²) in [6, 6.07) is 6.82. The van der Waals surface area contributed by atoms with Crippen LogP contribution in [0.15, 0.2) is 22.7 Å². The summed E-state index contributed by atoms with van der Waals surface area (Å²) >= 11 is 3.62. The fourth-order valence-electron chi connectivity index (χ4n) is 2.61. The molecular formula is C17H26BrNO. The second-order valence-corrected chi connectivity index (χ2v) is 7.14. The zero-order valence-corrected chi connectivity index (χ0v) is 14.4. The Kier molecular flexibility index (Phi) is 5.91. The highest BCUT2D eigenvalue weighted by Crippen LogP contribution is 2.29. The summed E-state index contributed by atoms with van der Waals surface area (Å²) in [5.41, 5.74) is 1.26. The van der Waals surface area contributed by atoms with Gasteiger partial charge in [0.05, 0.1) is 6.10 Å². The molecule has 0 spiro atoms. The minimum absolute atomic E-state index is 0.401. The van der Waals surface area contributed by atoms with Gasteiger partial charge in [-0.05, 0) is 55.4 Å². The third kappa shape index (κ3) is 4.78. The lowest BCUT2D eigenvalue weighted by atomic mass is 9.89. The van der Waals surface area contributed by atoms with E-state index in [-0.39, 0.29) is 0 Å². The lowest BCUT2D eigenvalue weighted by molar-refractivity contribution is 0.135. The maximum absolute atomic E-state index is 6.16. The molecule has 0 unspecified atom stereocenters. The van der Waals surface area contributed by atoms with Crippen LogP contribution in [0.4, 0.5) is 0 Å². The molecule has 112 valence electrons. The van der Waals surface area contributed by atoms with Crippen molar-refractivity contribution in [2.24, 2.45) is 5.92 Å². The molecule has 1 N–H and O–H groups in total. The summed E-state index contributed by atoms with van der Waals surface area (Å²) in [5.74, 6) is 1.87. The second kappa shape index (κ2) is 7.46. The molecule has 1 aromatic rings. The maximum atomic E-state index is 6.16. The van der Waals surface area contributed by atoms with Crippen LogP contribution in [0.2, 0.25) is 0 Å². The topological polar surface area (TPSA) is 21.3 Å². The number of hydrogen-bond donors (Lipinski definition) is 1. The van der Waals surface area contributed by atoms with Crippen LogP contribution in [0.3, 0.4) is 0 Å². The largest absolute Gasteiger partial charge is 0.490 e. The van der Waals surface area contributed by atoms with Crippen LogP contribution in [0.25, 0.3) is 0 Å². The molecule has 2 nitrogen and oxygen atoms in total. The zero-order chi connectivity index (χ0) is 14.5. The molecule has 3 heteroatoms. The quantitative estimate of drug-likeness (QED) is 0.823. The van der Waals surface area contributed by atoms with E-state index < -0.39 is 0 Å². The highest BCUT2D eigenvalue weighted by Gasteiger charge is 2.19. The van der Waals surface area contributed by atoms with E-state index in [9.17, 15) is 0 Å². The van der Waals surface area contributed by atoms with Crippen LogP contribution in [0.5, 0.6) is 5.75 Å². The van der Waals surface area contributed by atoms with Gasteiger partial charge in [-0.25, -0.2) is 0 Å². The zero-order valence-electron chi connectivity index (χ0n) is 12.8. The molecule has 1 saturated carbocycles. The van der Waals surface area contributed by atoms with E-state index in [1.165, 1.54) is 31.2 Å². The number of rotatable bonds is 5. The molecule has 0 aromatic heterocycles. The van der Waals surface area contributed by atoms with Crippen molar-refractivity contribution in [1.29, 1.82) is 0 Å². The standard InChI is InChI=1S/C17H26BrNO/c1-12(2)19-11-14-10-16(8-9-17(14)18)20-15-6-4-13(3)5-7-15/h8-10,12-13,15,19H,4-7,11H2,1-3H3. The van der Waals surface area contributed by atoms with Crippen LogP contribution in [0, 0.1) is 5.92 Å². The average molecular weight is 340 g/mol. The number of nitrogens with one attached hydrogen (secondary N) is 1. The summed E-state index contributed by atoms with van der Waals surface area (Å²) in [6.45, 7) is 7.54. The molecule has 1 aromatic carbocycles. The van der Waals surface area contributed by atoms with Crippen molar-refractivity contribution in [3.8, 4) is 5.75 Å². The molecule has 0 heterocycles. The first-order valence-electron chi connectivity index (χ1n) is 7.73. The number of ether oxygens (including phenoxy) is 1. The first-order chi connectivity index (χ1) is 9.54. The maximum Gasteiger partial charge on any atom is 0.120 e. The van der Waals surface area contributed by atoms with Crippen LogP contribution < -0.4 is 10.1 Å². The molecule has 0 atom stereocenters. The van der Waals surface area contributed by atoms with Gasteiger partial charge in [-0.3, -0.25) is 0 Å². The van der Waals surface area contributed by atoms with Gasteiger partial charge >= 0.3 is 0 Å². The Bertz CT molecular complexity index is 425. The molecule has 2 rings (SSSR count). The van der Waals surface area contributed by atoms with Gasteiger partial charge in [0.15, 0.2) is 0 Å². The number of benzene rings is 1. The fourth-order valence-corrected chi connectivity index (χ4v) is 3.00. The molecule has 1 aliphatic rings. The van der Waals surface area contributed by atoms with E-state index in [0.717, 1.165) is 22.7 Å². The van der Waals surface area contributed by atoms with E-state index in [0.29, 0.717) is 12.1 Å². The SMILES string of the molecule is CC1CCC(Oc2ccc(Br)c(CNC(C)C)c2)CC1. The van der Waals surface area contributed by atoms with Gasteiger partial charge in [0.25, 0.3) is 0 Å². The summed E-state index contributed by atoms with van der Waals surface area (Å²) < 4.78 is 7.31. The van der Waals surface area contributed by atoms with Crippen LogP contribution in [0.1, 0.15) is 52.0 Å². The predicted octanol–water partition coefficient (Wildman–Crippen LogP) is 4.90. The molecule has 0 aliphatic heterocycles. The van der Waals surface area contributed by atoms with E-state index >= 15 is 0 Å². The second-order valence-electron chi connectivity index (χ2n) is 6.29. The molecular weight excluding hydrogens is 314 g/mol. The Morgan fingerprint density at radius 2 is 1.95 bits per heavy atom. The Morgan fingerprint density at radius 1 is 1.25 bits per heavy atom. The molecule has 1 fully saturated rings. The van der Waals surface area contributed by atoms with Crippen LogP contribution >= 0.6 is 15.9 Å². The monoisotopic (exact) mass is 339 g/mol. The summed E-state index contributed by atoms with van der Waals surface area (Å²) in [4.78, 5) is 0. The van der Waals surface area contributed by atoms with Gasteiger partial charge in [0.1, 0.15) is 5.75 Å². The minimum Gasteiger partial charge on any atom is -0.490 e. The van der Waals surface area contributed by atoms with Crippen molar-refractivity contribution in [3.63, 3.8) is 0 Å². The highest BCUT2D eigenvalue weighted by molar-refractivity contribution is 9.10. The molecule has 1 aliphatic carbocycles. The van der Waals surface area contributed by atoms with Gasteiger partial charge in [0, 0.05) is 17.1 Å². The van der Waals surface area contributed by atoms with Gasteiger partial charge < -0.3 is 10.1 Å². The highest BCUT2D eigenvalue weighted by atomic mass is 79.9. The smallest absolute Gasteiger partial charge is 0.120 e. The third-order valence-corrected chi connectivity index (χ3v) is 4.76. The Morgan fingerprint density at radius 3 is 2.60 bits per heavy atom. The normalized spacial score (nSPS) is 23.1. The third-order valence-electron chi connectivity index (χ3n) is 3.98. The summed E-state index contributed by atoms with van der Waals surface area (Å²) in [7, 11) is 0. The Hall–Kier alpha value is -0.540. The van der Waals surface area contributed by atoms with E-state index in [2.05, 4.69) is 60.2 Å². The first kappa shape index (κ1) is 15.8. The molecule has 0 bridgehead atoms. The van der Waals surface area contributed by atoms with Crippen molar-refractivity contribution in [1.82, 2.24) is 5.32 Å². The van der Waals surface area contributed by atoms with Crippen molar-refractivity contribution in [2.75, 3.05) is 0 Å². The van der Waals surface area contributed by atoms with Crippen LogP contribution in [-0.4, -0.2) is 12.1 Å². The average Bonchev–Trinajstić information content (AvgIpc) is 2.42. The molecule has 0 amide bonds. The van der Waals surface area contributed by atoms with Crippen LogP contribution in [-0.2, 0) is 6.54 Å². The lowest BCUT2D eigenvalue weighted by Gasteiger charge is -2.27. The summed E-state index contributed by atoms with van der Waals surface area (Å²) in [5, 5.41) is 3.45. The Balaban J connectivity index is 1.96. The van der Waals surface area contributed by atoms with Crippen molar-refractivity contribution in [3.05, 3.63) is 28.2 Å². The molecule has 0 radical (unpaired) electrons. The van der Waals surface area contributed by atoms with Gasteiger partial charge in [0.2, 0.25) is 0 Å². The van der Waals surface area contributed by atoms with Crippen molar-refractivity contribution >= 4 is 15.9 Å². The molecule has 20 heavy (non-hydrogen) atoms. The van der Waals surface area contributed by atoms with Crippen molar-refractivity contribution in [2.45, 2.75) is 65.1 Å². The van der Waals surface area contributed by atoms with Gasteiger partial charge in [-0.15, -0.1) is 0 Å². The minimum atomic E-state index is 0.401. The number of hydrogen-bond acceptors (Lipinski definition) is 2. The predicted molar refractivity (Wildman–Crippen MR) is 88.2 cm³/mol. The molecule has 0 saturated heterocycles. The Labute approximate surface area is 131 Å². The van der Waals surface area contributed by atoms with E-state index in [1.54, 1.807) is 0 Å². The summed E-state index contributed by atoms with van der Waals surface area (Å²) in [6.07, 6.45) is 5.37. The fraction of sp³-hybridized carbons (Fsp3) is 0.647. The number of halogens is 1. The first-order valence-corrected chi connectivity index (χ1v) is 8.52.